The summed E-state index contributed by atoms with van der Waals surface area (Å²) < 4.78 is 46.1. The molecular weight excluding hydrogens is 377 g/mol. The highest BCUT2D eigenvalue weighted by molar-refractivity contribution is 6.08. The highest BCUT2D eigenvalue weighted by atomic mass is 19.4. The van der Waals surface area contributed by atoms with Gasteiger partial charge in [0, 0.05) is 12.4 Å². The molecule has 0 bridgehead atoms. The topological polar surface area (TPSA) is 68.7 Å². The second kappa shape index (κ2) is 7.38. The molecular formula is C19H19F3N2O4. The van der Waals surface area contributed by atoms with Crippen molar-refractivity contribution in [1.29, 1.82) is 0 Å². The summed E-state index contributed by atoms with van der Waals surface area (Å²) in [4.78, 5) is 33.6. The first-order valence-corrected chi connectivity index (χ1v) is 8.72. The van der Waals surface area contributed by atoms with E-state index in [9.17, 15) is 22.8 Å². The maximum Gasteiger partial charge on any atom is 0.418 e. The van der Waals surface area contributed by atoms with Crippen molar-refractivity contribution in [1.82, 2.24) is 10.0 Å². The van der Waals surface area contributed by atoms with E-state index in [0.29, 0.717) is 5.56 Å². The average Bonchev–Trinajstić information content (AvgIpc) is 3.49. The van der Waals surface area contributed by atoms with E-state index in [0.717, 1.165) is 30.0 Å². The van der Waals surface area contributed by atoms with Crippen LogP contribution in [-0.4, -0.2) is 42.7 Å². The van der Waals surface area contributed by atoms with Gasteiger partial charge in [0.05, 0.1) is 30.4 Å². The Labute approximate surface area is 159 Å². The van der Waals surface area contributed by atoms with Gasteiger partial charge in [-0.2, -0.15) is 13.2 Å². The van der Waals surface area contributed by atoms with Crippen LogP contribution in [0.25, 0.3) is 10.9 Å². The molecule has 0 saturated heterocycles. The Morgan fingerprint density at radius 2 is 1.93 bits per heavy atom. The first-order chi connectivity index (χ1) is 13.2. The standard InChI is InChI=1S/C19H19F3N2O4/c1-4-28-18(26)15-9-13(17(25)24(2)27-3)12-7-11(10-5-6-10)8-14(16(12)23-15)19(20,21)22/h7-10H,4-6H2,1-3H3. The third-order valence-corrected chi connectivity index (χ3v) is 4.56. The normalized spacial score (nSPS) is 14.2. The molecule has 0 atom stereocenters. The van der Waals surface area contributed by atoms with Crippen LogP contribution >= 0.6 is 0 Å². The second-order valence-electron chi connectivity index (χ2n) is 6.50. The number of ether oxygens (including phenoxy) is 1. The molecule has 0 unspecified atom stereocenters. The summed E-state index contributed by atoms with van der Waals surface area (Å²) >= 11 is 0. The Balaban J connectivity index is 2.34. The molecule has 1 fully saturated rings. The number of carbonyl (C=O) groups excluding carboxylic acids is 2. The van der Waals surface area contributed by atoms with E-state index in [1.807, 2.05) is 0 Å². The first-order valence-electron chi connectivity index (χ1n) is 8.72. The zero-order valence-electron chi connectivity index (χ0n) is 15.6. The Morgan fingerprint density at radius 1 is 1.25 bits per heavy atom. The molecule has 0 N–H and O–H groups in total. The minimum absolute atomic E-state index is 0.0204. The lowest BCUT2D eigenvalue weighted by atomic mass is 9.97. The maximum absolute atomic E-state index is 13.7. The van der Waals surface area contributed by atoms with Crippen molar-refractivity contribution in [3.8, 4) is 0 Å². The van der Waals surface area contributed by atoms with Crippen LogP contribution in [0.15, 0.2) is 18.2 Å². The van der Waals surface area contributed by atoms with Crippen LogP contribution in [-0.2, 0) is 15.8 Å². The van der Waals surface area contributed by atoms with Gasteiger partial charge in [0.15, 0.2) is 0 Å². The number of amides is 1. The van der Waals surface area contributed by atoms with Gasteiger partial charge in [-0.25, -0.2) is 14.8 Å². The number of rotatable bonds is 5. The predicted octanol–water partition coefficient (Wildman–Crippen LogP) is 3.94. The number of aromatic nitrogens is 1. The minimum atomic E-state index is -4.70. The quantitative estimate of drug-likeness (QED) is 0.566. The number of fused-ring (bicyclic) bond motifs is 1. The van der Waals surface area contributed by atoms with Crippen molar-refractivity contribution in [3.63, 3.8) is 0 Å². The zero-order valence-corrected chi connectivity index (χ0v) is 15.6. The lowest BCUT2D eigenvalue weighted by Gasteiger charge is -2.18. The van der Waals surface area contributed by atoms with Gasteiger partial charge >= 0.3 is 12.1 Å². The highest BCUT2D eigenvalue weighted by Gasteiger charge is 2.37. The molecule has 3 rings (SSSR count). The molecule has 1 aromatic heterocycles. The predicted molar refractivity (Wildman–Crippen MR) is 93.8 cm³/mol. The summed E-state index contributed by atoms with van der Waals surface area (Å²) in [5, 5.41) is 0.902. The smallest absolute Gasteiger partial charge is 0.418 e. The van der Waals surface area contributed by atoms with Crippen molar-refractivity contribution < 1.29 is 32.3 Å². The summed E-state index contributed by atoms with van der Waals surface area (Å²) in [7, 11) is 2.58. The number of carbonyl (C=O) groups is 2. The molecule has 1 amide bonds. The van der Waals surface area contributed by atoms with Crippen LogP contribution in [0.5, 0.6) is 0 Å². The second-order valence-corrected chi connectivity index (χ2v) is 6.50. The fourth-order valence-corrected chi connectivity index (χ4v) is 2.96. The number of nitrogens with zero attached hydrogens (tertiary/aromatic N) is 2. The summed E-state index contributed by atoms with van der Waals surface area (Å²) in [6.07, 6.45) is -3.12. The van der Waals surface area contributed by atoms with Crippen molar-refractivity contribution in [2.24, 2.45) is 0 Å². The number of benzene rings is 1. The Hall–Kier alpha value is -2.68. The zero-order chi connectivity index (χ0) is 20.6. The lowest BCUT2D eigenvalue weighted by molar-refractivity contribution is -0.136. The van der Waals surface area contributed by atoms with E-state index >= 15 is 0 Å². The number of hydroxylamine groups is 2. The van der Waals surface area contributed by atoms with E-state index in [1.54, 1.807) is 13.0 Å². The fourth-order valence-electron chi connectivity index (χ4n) is 2.96. The van der Waals surface area contributed by atoms with Gasteiger partial charge in [0.1, 0.15) is 5.69 Å². The molecule has 0 spiro atoms. The van der Waals surface area contributed by atoms with Crippen molar-refractivity contribution in [3.05, 3.63) is 40.6 Å². The molecule has 6 nitrogen and oxygen atoms in total. The number of pyridine rings is 1. The van der Waals surface area contributed by atoms with E-state index in [2.05, 4.69) is 4.98 Å². The van der Waals surface area contributed by atoms with Crippen LogP contribution in [0.3, 0.4) is 0 Å². The number of esters is 1. The third-order valence-electron chi connectivity index (χ3n) is 4.56. The Kier molecular flexibility index (Phi) is 5.29. The number of alkyl halides is 3. The summed E-state index contributed by atoms with van der Waals surface area (Å²) in [5.41, 5.74) is -1.42. The van der Waals surface area contributed by atoms with Crippen molar-refractivity contribution in [2.45, 2.75) is 31.9 Å². The molecule has 1 aromatic carbocycles. The molecule has 2 aromatic rings. The molecule has 0 aliphatic heterocycles. The third kappa shape index (κ3) is 3.80. The van der Waals surface area contributed by atoms with Gasteiger partial charge in [-0.1, -0.05) is 0 Å². The van der Waals surface area contributed by atoms with Gasteiger partial charge in [-0.3, -0.25) is 9.63 Å². The summed E-state index contributed by atoms with van der Waals surface area (Å²) in [5.74, 6) is -1.57. The highest BCUT2D eigenvalue weighted by Crippen LogP contribution is 2.44. The SMILES string of the molecule is CCOC(=O)c1cc(C(=O)N(C)OC)c2cc(C3CC3)cc(C(F)(F)F)c2n1. The number of hydrogen-bond donors (Lipinski definition) is 0. The maximum atomic E-state index is 13.7. The van der Waals surface area contributed by atoms with Gasteiger partial charge in [-0.15, -0.1) is 0 Å². The molecule has 150 valence electrons. The van der Waals surface area contributed by atoms with Crippen LogP contribution in [0, 0.1) is 0 Å². The van der Waals surface area contributed by atoms with E-state index < -0.39 is 29.1 Å². The number of halogens is 3. The van der Waals surface area contributed by atoms with Gasteiger partial charge < -0.3 is 4.74 Å². The van der Waals surface area contributed by atoms with E-state index in [-0.39, 0.29) is 29.2 Å². The van der Waals surface area contributed by atoms with Gasteiger partial charge in [-0.05, 0) is 49.4 Å². The Morgan fingerprint density at radius 3 is 2.46 bits per heavy atom. The average molecular weight is 396 g/mol. The van der Waals surface area contributed by atoms with Gasteiger partial charge in [0.25, 0.3) is 5.91 Å². The van der Waals surface area contributed by atoms with Crippen LogP contribution in [0.1, 0.15) is 57.7 Å². The molecule has 28 heavy (non-hydrogen) atoms. The monoisotopic (exact) mass is 396 g/mol. The molecule has 9 heteroatoms. The minimum Gasteiger partial charge on any atom is -0.461 e. The van der Waals surface area contributed by atoms with E-state index in [4.69, 9.17) is 9.57 Å². The molecule has 1 saturated carbocycles. The molecule has 0 radical (unpaired) electrons. The fraction of sp³-hybridized carbons (Fsp3) is 0.421. The summed E-state index contributed by atoms with van der Waals surface area (Å²) in [6, 6.07) is 3.74. The first kappa shape index (κ1) is 20.1. The number of hydrogen-bond acceptors (Lipinski definition) is 5. The van der Waals surface area contributed by atoms with Crippen molar-refractivity contribution in [2.75, 3.05) is 20.8 Å². The lowest BCUT2D eigenvalue weighted by Crippen LogP contribution is -2.26. The largest absolute Gasteiger partial charge is 0.461 e. The molecule has 1 aliphatic carbocycles. The summed E-state index contributed by atoms with van der Waals surface area (Å²) in [6.45, 7) is 1.58. The molecule has 1 heterocycles. The molecule has 1 aliphatic rings. The van der Waals surface area contributed by atoms with Crippen molar-refractivity contribution >= 4 is 22.8 Å². The van der Waals surface area contributed by atoms with Crippen LogP contribution < -0.4 is 0 Å². The van der Waals surface area contributed by atoms with Crippen LogP contribution in [0.4, 0.5) is 13.2 Å². The van der Waals surface area contributed by atoms with Gasteiger partial charge in [0.2, 0.25) is 0 Å². The van der Waals surface area contributed by atoms with E-state index in [1.165, 1.54) is 14.2 Å². The Bertz CT molecular complexity index is 939. The van der Waals surface area contributed by atoms with Crippen LogP contribution in [0.2, 0.25) is 0 Å².